The molecule has 1 unspecified atom stereocenters. The van der Waals surface area contributed by atoms with E-state index in [9.17, 15) is 18.0 Å². The normalized spacial score (nSPS) is 16.3. The smallest absolute Gasteiger partial charge is 0.383 e. The van der Waals surface area contributed by atoms with Crippen LogP contribution in [0.2, 0.25) is 0 Å². The first-order chi connectivity index (χ1) is 12.8. The molecular weight excluding hydrogens is 393 g/mol. The van der Waals surface area contributed by atoms with Crippen LogP contribution in [0.15, 0.2) is 24.3 Å². The fraction of sp³-hybridized carbons (Fsp3) is 0.650. The van der Waals surface area contributed by atoms with Crippen LogP contribution in [-0.4, -0.2) is 44.2 Å². The minimum absolute atomic E-state index is 0. The molecule has 1 saturated heterocycles. The molecule has 160 valence electrons. The molecule has 1 atom stereocenters. The number of benzene rings is 1. The van der Waals surface area contributed by atoms with Gasteiger partial charge >= 0.3 is 6.18 Å². The lowest BCUT2D eigenvalue weighted by atomic mass is 9.92. The molecule has 1 aromatic rings. The van der Waals surface area contributed by atoms with Crippen molar-refractivity contribution in [3.05, 3.63) is 35.4 Å². The molecule has 0 aromatic heterocycles. The van der Waals surface area contributed by atoms with Gasteiger partial charge in [0.05, 0.1) is 18.2 Å². The molecule has 1 amide bonds. The van der Waals surface area contributed by atoms with Crippen molar-refractivity contribution in [3.8, 4) is 0 Å². The number of hydrogen-bond acceptors (Lipinski definition) is 3. The minimum Gasteiger partial charge on any atom is -0.383 e. The van der Waals surface area contributed by atoms with Crippen LogP contribution in [0.4, 0.5) is 13.2 Å². The van der Waals surface area contributed by atoms with Gasteiger partial charge in [-0.3, -0.25) is 4.79 Å². The lowest BCUT2D eigenvalue weighted by Gasteiger charge is -2.31. The Morgan fingerprint density at radius 2 is 2.00 bits per heavy atom. The number of amides is 1. The number of halogens is 4. The number of alkyl halides is 3. The summed E-state index contributed by atoms with van der Waals surface area (Å²) in [5, 5.41) is 3.31. The number of methoxy groups -OCH3 is 1. The van der Waals surface area contributed by atoms with E-state index in [0.717, 1.165) is 44.5 Å². The molecule has 1 aromatic carbocycles. The van der Waals surface area contributed by atoms with Crippen molar-refractivity contribution < 1.29 is 22.7 Å². The summed E-state index contributed by atoms with van der Waals surface area (Å²) < 4.78 is 44.1. The predicted octanol–water partition coefficient (Wildman–Crippen LogP) is 4.44. The molecule has 4 nitrogen and oxygen atoms in total. The van der Waals surface area contributed by atoms with E-state index in [0.29, 0.717) is 31.1 Å². The summed E-state index contributed by atoms with van der Waals surface area (Å²) in [5.41, 5.74) is -0.211. The molecule has 28 heavy (non-hydrogen) atoms. The zero-order valence-corrected chi connectivity index (χ0v) is 17.2. The van der Waals surface area contributed by atoms with Gasteiger partial charge in [0, 0.05) is 20.1 Å². The lowest BCUT2D eigenvalue weighted by Crippen LogP contribution is -2.37. The molecule has 2 rings (SSSR count). The van der Waals surface area contributed by atoms with Crippen LogP contribution >= 0.6 is 12.4 Å². The Morgan fingerprint density at radius 1 is 1.32 bits per heavy atom. The topological polar surface area (TPSA) is 41.6 Å². The van der Waals surface area contributed by atoms with Crippen molar-refractivity contribution in [3.63, 3.8) is 0 Å². The summed E-state index contributed by atoms with van der Waals surface area (Å²) in [7, 11) is 1.55. The first-order valence-electron chi connectivity index (χ1n) is 9.49. The average molecular weight is 423 g/mol. The largest absolute Gasteiger partial charge is 0.416 e. The molecule has 8 heteroatoms. The second-order valence-electron chi connectivity index (χ2n) is 7.11. The third-order valence-electron chi connectivity index (χ3n) is 5.25. The van der Waals surface area contributed by atoms with E-state index in [1.54, 1.807) is 25.0 Å². The highest BCUT2D eigenvalue weighted by molar-refractivity contribution is 5.85. The third-order valence-corrected chi connectivity index (χ3v) is 5.25. The van der Waals surface area contributed by atoms with Crippen LogP contribution in [0.1, 0.15) is 49.8 Å². The van der Waals surface area contributed by atoms with Crippen molar-refractivity contribution in [2.45, 2.75) is 44.8 Å². The highest BCUT2D eigenvalue weighted by Crippen LogP contribution is 2.32. The molecule has 1 heterocycles. The quantitative estimate of drug-likeness (QED) is 0.673. The molecular formula is C20H30ClF3N2O2. The molecule has 1 aliphatic rings. The van der Waals surface area contributed by atoms with Crippen molar-refractivity contribution in [1.82, 2.24) is 10.2 Å². The van der Waals surface area contributed by atoms with Crippen LogP contribution < -0.4 is 5.32 Å². The van der Waals surface area contributed by atoms with Crippen LogP contribution in [0.5, 0.6) is 0 Å². The lowest BCUT2D eigenvalue weighted by molar-refractivity contribution is -0.137. The fourth-order valence-corrected chi connectivity index (χ4v) is 3.52. The van der Waals surface area contributed by atoms with Crippen molar-refractivity contribution >= 4 is 18.3 Å². The summed E-state index contributed by atoms with van der Waals surface area (Å²) in [4.78, 5) is 14.5. The number of piperidine rings is 1. The number of nitrogens with zero attached hydrogens (tertiary/aromatic N) is 1. The van der Waals surface area contributed by atoms with Gasteiger partial charge in [-0.25, -0.2) is 0 Å². The third kappa shape index (κ3) is 7.26. The number of nitrogens with one attached hydrogen (secondary N) is 1. The first-order valence-corrected chi connectivity index (χ1v) is 9.49. The highest BCUT2D eigenvalue weighted by atomic mass is 35.5. The van der Waals surface area contributed by atoms with Crippen LogP contribution in [-0.2, 0) is 15.7 Å². The summed E-state index contributed by atoms with van der Waals surface area (Å²) in [6.07, 6.45) is -1.04. The number of carbonyl (C=O) groups is 1. The van der Waals surface area contributed by atoms with E-state index in [-0.39, 0.29) is 18.3 Å². The maximum atomic E-state index is 13.0. The molecule has 1 N–H and O–H groups in total. The van der Waals surface area contributed by atoms with Gasteiger partial charge in [-0.2, -0.15) is 13.2 Å². The number of rotatable bonds is 8. The Labute approximate surface area is 171 Å². The highest BCUT2D eigenvalue weighted by Gasteiger charge is 2.31. The summed E-state index contributed by atoms with van der Waals surface area (Å²) >= 11 is 0. The van der Waals surface area contributed by atoms with E-state index >= 15 is 0 Å². The van der Waals surface area contributed by atoms with E-state index in [1.165, 1.54) is 6.07 Å². The minimum atomic E-state index is -4.40. The molecule has 0 bridgehead atoms. The van der Waals surface area contributed by atoms with E-state index < -0.39 is 17.8 Å². The summed E-state index contributed by atoms with van der Waals surface area (Å²) in [6, 6.07) is 4.77. The van der Waals surface area contributed by atoms with Gasteiger partial charge in [0.2, 0.25) is 5.91 Å². The number of ether oxygens (including phenoxy) is 1. The van der Waals surface area contributed by atoms with E-state index in [2.05, 4.69) is 5.32 Å². The SMILES string of the molecule is COCCN(C(=O)CCC1CCNCC1)C(C)c1cccc(C(F)(F)F)c1.Cl. The second kappa shape index (κ2) is 11.6. The molecule has 0 saturated carbocycles. The fourth-order valence-electron chi connectivity index (χ4n) is 3.52. The molecule has 0 radical (unpaired) electrons. The molecule has 0 spiro atoms. The number of carbonyl (C=O) groups excluding carboxylic acids is 1. The van der Waals surface area contributed by atoms with Crippen LogP contribution in [0, 0.1) is 5.92 Å². The van der Waals surface area contributed by atoms with Crippen molar-refractivity contribution in [2.24, 2.45) is 5.92 Å². The van der Waals surface area contributed by atoms with Gasteiger partial charge in [-0.05, 0) is 62.9 Å². The van der Waals surface area contributed by atoms with Crippen LogP contribution in [0.25, 0.3) is 0 Å². The molecule has 1 fully saturated rings. The summed E-state index contributed by atoms with van der Waals surface area (Å²) in [5.74, 6) is 0.499. The second-order valence-corrected chi connectivity index (χ2v) is 7.11. The van der Waals surface area contributed by atoms with Gasteiger partial charge in [-0.1, -0.05) is 12.1 Å². The maximum Gasteiger partial charge on any atom is 0.416 e. The van der Waals surface area contributed by atoms with Crippen molar-refractivity contribution in [2.75, 3.05) is 33.4 Å². The Bertz CT molecular complexity index is 607. The van der Waals surface area contributed by atoms with Gasteiger partial charge in [0.1, 0.15) is 0 Å². The Kier molecular flexibility index (Phi) is 10.3. The summed E-state index contributed by atoms with van der Waals surface area (Å²) in [6.45, 7) is 4.44. The predicted molar refractivity (Wildman–Crippen MR) is 106 cm³/mol. The number of hydrogen-bond donors (Lipinski definition) is 1. The van der Waals surface area contributed by atoms with Gasteiger partial charge in [0.15, 0.2) is 0 Å². The van der Waals surface area contributed by atoms with E-state index in [1.807, 2.05) is 0 Å². The Hall–Kier alpha value is -1.31. The van der Waals surface area contributed by atoms with E-state index in [4.69, 9.17) is 4.74 Å². The first kappa shape index (κ1) is 24.7. The zero-order chi connectivity index (χ0) is 19.9. The van der Waals surface area contributed by atoms with Gasteiger partial charge in [-0.15, -0.1) is 12.4 Å². The molecule has 1 aliphatic heterocycles. The standard InChI is InChI=1S/C20H29F3N2O2.ClH/c1-15(17-4-3-5-18(14-17)20(21,22)23)25(12-13-27-2)19(26)7-6-16-8-10-24-11-9-16;/h3-5,14-16,24H,6-13H2,1-2H3;1H. The Balaban J connectivity index is 0.00000392. The van der Waals surface area contributed by atoms with Crippen LogP contribution in [0.3, 0.4) is 0 Å². The maximum absolute atomic E-state index is 13.0. The monoisotopic (exact) mass is 422 g/mol. The van der Waals surface area contributed by atoms with Gasteiger partial charge in [0.25, 0.3) is 0 Å². The van der Waals surface area contributed by atoms with Crippen molar-refractivity contribution in [1.29, 1.82) is 0 Å². The Morgan fingerprint density at radius 3 is 2.61 bits per heavy atom. The molecule has 0 aliphatic carbocycles. The zero-order valence-electron chi connectivity index (χ0n) is 16.4. The van der Waals surface area contributed by atoms with Gasteiger partial charge < -0.3 is 15.0 Å². The average Bonchev–Trinajstić information content (AvgIpc) is 2.66.